The van der Waals surface area contributed by atoms with Crippen LogP contribution >= 0.6 is 0 Å². The molecule has 1 N–H and O–H groups in total. The summed E-state index contributed by atoms with van der Waals surface area (Å²) in [5.41, 5.74) is 0.0554. The molecular formula is C10H12FNO3. The van der Waals surface area contributed by atoms with Gasteiger partial charge in [0.25, 0.3) is 5.69 Å². The Labute approximate surface area is 86.5 Å². The van der Waals surface area contributed by atoms with E-state index in [2.05, 4.69) is 0 Å². The monoisotopic (exact) mass is 213 g/mol. The highest BCUT2D eigenvalue weighted by Gasteiger charge is 2.22. The molecule has 1 aromatic carbocycles. The van der Waals surface area contributed by atoms with Crippen LogP contribution in [0, 0.1) is 15.9 Å². The smallest absolute Gasteiger partial charge is 0.275 e. The minimum atomic E-state index is -0.714. The van der Waals surface area contributed by atoms with E-state index in [1.807, 2.05) is 0 Å². The van der Waals surface area contributed by atoms with E-state index in [1.54, 1.807) is 6.92 Å². The Morgan fingerprint density at radius 3 is 2.53 bits per heavy atom. The molecule has 0 fully saturated rings. The predicted molar refractivity (Wildman–Crippen MR) is 53.2 cm³/mol. The van der Waals surface area contributed by atoms with Gasteiger partial charge in [0, 0.05) is 11.5 Å². The molecule has 1 rings (SSSR count). The molecule has 2 atom stereocenters. The summed E-state index contributed by atoms with van der Waals surface area (Å²) in [7, 11) is 0. The summed E-state index contributed by atoms with van der Waals surface area (Å²) in [4.78, 5) is 10.0. The normalized spacial score (nSPS) is 14.7. The maximum atomic E-state index is 12.8. The second-order valence-electron chi connectivity index (χ2n) is 3.49. The van der Waals surface area contributed by atoms with Gasteiger partial charge in [0.1, 0.15) is 5.82 Å². The van der Waals surface area contributed by atoms with Crippen molar-refractivity contribution in [3.05, 3.63) is 39.7 Å². The van der Waals surface area contributed by atoms with Gasteiger partial charge in [0.05, 0.1) is 17.1 Å². The molecule has 82 valence electrons. The summed E-state index contributed by atoms with van der Waals surface area (Å²) in [6, 6.07) is 3.36. The third-order valence-electron chi connectivity index (χ3n) is 2.40. The van der Waals surface area contributed by atoms with Crippen molar-refractivity contribution in [1.82, 2.24) is 0 Å². The molecule has 15 heavy (non-hydrogen) atoms. The summed E-state index contributed by atoms with van der Waals surface area (Å²) in [6.07, 6.45) is -0.714. The summed E-state index contributed by atoms with van der Waals surface area (Å²) in [5.74, 6) is -1.05. The lowest BCUT2D eigenvalue weighted by molar-refractivity contribution is -0.386. The molecule has 0 radical (unpaired) electrons. The van der Waals surface area contributed by atoms with Crippen LogP contribution < -0.4 is 0 Å². The van der Waals surface area contributed by atoms with Crippen molar-refractivity contribution in [1.29, 1.82) is 0 Å². The Morgan fingerprint density at radius 1 is 1.47 bits per heavy atom. The van der Waals surface area contributed by atoms with E-state index < -0.39 is 22.8 Å². The Morgan fingerprint density at radius 2 is 2.07 bits per heavy atom. The van der Waals surface area contributed by atoms with Crippen LogP contribution in [0.5, 0.6) is 0 Å². The zero-order valence-electron chi connectivity index (χ0n) is 8.48. The average Bonchev–Trinajstić information content (AvgIpc) is 2.16. The van der Waals surface area contributed by atoms with Gasteiger partial charge in [0.2, 0.25) is 0 Å². The van der Waals surface area contributed by atoms with Gasteiger partial charge in [-0.15, -0.1) is 0 Å². The highest BCUT2D eigenvalue weighted by atomic mass is 19.1. The lowest BCUT2D eigenvalue weighted by atomic mass is 9.95. The van der Waals surface area contributed by atoms with Crippen molar-refractivity contribution in [2.75, 3.05) is 0 Å². The predicted octanol–water partition coefficient (Wildman–Crippen LogP) is 2.22. The van der Waals surface area contributed by atoms with Crippen molar-refractivity contribution in [2.45, 2.75) is 25.9 Å². The van der Waals surface area contributed by atoms with Gasteiger partial charge < -0.3 is 5.11 Å². The fraction of sp³-hybridized carbons (Fsp3) is 0.400. The van der Waals surface area contributed by atoms with Crippen molar-refractivity contribution in [2.24, 2.45) is 0 Å². The van der Waals surface area contributed by atoms with Crippen molar-refractivity contribution in [3.8, 4) is 0 Å². The molecule has 0 bridgehead atoms. The van der Waals surface area contributed by atoms with Crippen LogP contribution in [0.25, 0.3) is 0 Å². The zero-order valence-corrected chi connectivity index (χ0v) is 8.48. The highest BCUT2D eigenvalue weighted by molar-refractivity contribution is 5.43. The van der Waals surface area contributed by atoms with Gasteiger partial charge >= 0.3 is 0 Å². The number of nitro benzene ring substituents is 1. The van der Waals surface area contributed by atoms with E-state index in [1.165, 1.54) is 13.0 Å². The van der Waals surface area contributed by atoms with Crippen LogP contribution in [0.3, 0.4) is 0 Å². The van der Waals surface area contributed by atoms with Crippen LogP contribution in [0.4, 0.5) is 10.1 Å². The van der Waals surface area contributed by atoms with Crippen LogP contribution in [-0.2, 0) is 0 Å². The first-order valence-corrected chi connectivity index (χ1v) is 4.55. The fourth-order valence-electron chi connectivity index (χ4n) is 1.32. The number of nitro groups is 1. The van der Waals surface area contributed by atoms with Crippen LogP contribution in [0.1, 0.15) is 25.3 Å². The first-order chi connectivity index (χ1) is 6.93. The molecule has 0 aliphatic heterocycles. The van der Waals surface area contributed by atoms with Crippen molar-refractivity contribution >= 4 is 5.69 Å². The fourth-order valence-corrected chi connectivity index (χ4v) is 1.32. The first-order valence-electron chi connectivity index (χ1n) is 4.55. The molecule has 4 nitrogen and oxygen atoms in total. The van der Waals surface area contributed by atoms with E-state index in [-0.39, 0.29) is 5.69 Å². The number of aliphatic hydroxyl groups is 1. The maximum absolute atomic E-state index is 12.8. The topological polar surface area (TPSA) is 63.4 Å². The molecule has 0 amide bonds. The first kappa shape index (κ1) is 11.6. The number of rotatable bonds is 3. The van der Waals surface area contributed by atoms with Crippen LogP contribution in [0.2, 0.25) is 0 Å². The summed E-state index contributed by atoms with van der Waals surface area (Å²) in [5, 5.41) is 20.0. The summed E-state index contributed by atoms with van der Waals surface area (Å²) >= 11 is 0. The molecule has 0 heterocycles. The van der Waals surface area contributed by atoms with Gasteiger partial charge in [0.15, 0.2) is 0 Å². The molecule has 2 unspecified atom stereocenters. The molecule has 1 aromatic rings. The number of nitrogens with zero attached hydrogens (tertiary/aromatic N) is 1. The molecule has 0 saturated heterocycles. The average molecular weight is 213 g/mol. The van der Waals surface area contributed by atoms with E-state index >= 15 is 0 Å². The Balaban J connectivity index is 3.22. The third-order valence-corrected chi connectivity index (χ3v) is 2.40. The second-order valence-corrected chi connectivity index (χ2v) is 3.49. The Bertz CT molecular complexity index is 379. The number of benzene rings is 1. The van der Waals surface area contributed by atoms with Gasteiger partial charge in [-0.05, 0) is 19.1 Å². The van der Waals surface area contributed by atoms with E-state index in [0.717, 1.165) is 12.1 Å². The van der Waals surface area contributed by atoms with Gasteiger partial charge in [-0.2, -0.15) is 0 Å². The van der Waals surface area contributed by atoms with Crippen molar-refractivity contribution < 1.29 is 14.4 Å². The molecule has 0 aliphatic carbocycles. The van der Waals surface area contributed by atoms with Gasteiger partial charge in [-0.25, -0.2) is 4.39 Å². The molecule has 0 saturated carbocycles. The van der Waals surface area contributed by atoms with Gasteiger partial charge in [-0.3, -0.25) is 10.1 Å². The summed E-state index contributed by atoms with van der Waals surface area (Å²) < 4.78 is 12.8. The zero-order chi connectivity index (χ0) is 11.6. The quantitative estimate of drug-likeness (QED) is 0.618. The SMILES string of the molecule is CC(O)C(C)c1ccc(F)cc1[N+](=O)[O-]. The van der Waals surface area contributed by atoms with Crippen LogP contribution in [-0.4, -0.2) is 16.1 Å². The minimum Gasteiger partial charge on any atom is -0.393 e. The Hall–Kier alpha value is -1.49. The number of hydrogen-bond acceptors (Lipinski definition) is 3. The molecular weight excluding hydrogens is 201 g/mol. The maximum Gasteiger partial charge on any atom is 0.275 e. The largest absolute Gasteiger partial charge is 0.393 e. The molecule has 0 spiro atoms. The second kappa shape index (κ2) is 4.35. The van der Waals surface area contributed by atoms with Gasteiger partial charge in [-0.1, -0.05) is 6.92 Å². The highest BCUT2D eigenvalue weighted by Crippen LogP contribution is 2.29. The van der Waals surface area contributed by atoms with E-state index in [9.17, 15) is 19.6 Å². The number of aliphatic hydroxyl groups excluding tert-OH is 1. The standard InChI is InChI=1S/C10H12FNO3/c1-6(7(2)13)9-4-3-8(11)5-10(9)12(14)15/h3-7,13H,1-2H3. The summed E-state index contributed by atoms with van der Waals surface area (Å²) in [6.45, 7) is 3.20. The minimum absolute atomic E-state index is 0.289. The van der Waals surface area contributed by atoms with Crippen LogP contribution in [0.15, 0.2) is 18.2 Å². The third kappa shape index (κ3) is 2.50. The molecule has 5 heteroatoms. The number of hydrogen-bond donors (Lipinski definition) is 1. The van der Waals surface area contributed by atoms with E-state index in [4.69, 9.17) is 0 Å². The lowest BCUT2D eigenvalue weighted by Gasteiger charge is -2.14. The lowest BCUT2D eigenvalue weighted by Crippen LogP contribution is -2.12. The number of halogens is 1. The molecule has 0 aromatic heterocycles. The Kier molecular flexibility index (Phi) is 3.36. The molecule has 0 aliphatic rings. The van der Waals surface area contributed by atoms with E-state index in [0.29, 0.717) is 5.56 Å². The van der Waals surface area contributed by atoms with Crippen molar-refractivity contribution in [3.63, 3.8) is 0 Å².